The molecule has 0 spiro atoms. The SMILES string of the molecule is Nc1ncnc2c(C(=O)NC3COC3)cc(-c3cccc(F)c3)cc12. The third-order valence-electron chi connectivity index (χ3n) is 4.15. The number of nitrogens with one attached hydrogen (secondary N) is 1. The highest BCUT2D eigenvalue weighted by molar-refractivity contribution is 6.09. The van der Waals surface area contributed by atoms with Crippen LogP contribution in [0.3, 0.4) is 0 Å². The summed E-state index contributed by atoms with van der Waals surface area (Å²) in [6.45, 7) is 0.981. The third-order valence-corrected chi connectivity index (χ3v) is 4.15. The van der Waals surface area contributed by atoms with Crippen LogP contribution in [0, 0.1) is 5.82 Å². The van der Waals surface area contributed by atoms with Crippen LogP contribution in [0.5, 0.6) is 0 Å². The predicted molar refractivity (Wildman–Crippen MR) is 91.4 cm³/mol. The van der Waals surface area contributed by atoms with Gasteiger partial charge < -0.3 is 15.8 Å². The number of hydrogen-bond donors (Lipinski definition) is 2. The summed E-state index contributed by atoms with van der Waals surface area (Å²) in [5.41, 5.74) is 8.11. The van der Waals surface area contributed by atoms with E-state index in [1.54, 1.807) is 24.3 Å². The van der Waals surface area contributed by atoms with Gasteiger partial charge in [-0.3, -0.25) is 4.79 Å². The van der Waals surface area contributed by atoms with E-state index in [4.69, 9.17) is 10.5 Å². The molecule has 0 unspecified atom stereocenters. The lowest BCUT2D eigenvalue weighted by Crippen LogP contribution is -2.48. The highest BCUT2D eigenvalue weighted by Gasteiger charge is 2.23. The highest BCUT2D eigenvalue weighted by Crippen LogP contribution is 2.29. The smallest absolute Gasteiger partial charge is 0.253 e. The molecule has 2 heterocycles. The average molecular weight is 338 g/mol. The molecule has 1 amide bonds. The van der Waals surface area contributed by atoms with Crippen LogP contribution in [0.25, 0.3) is 22.0 Å². The fourth-order valence-electron chi connectivity index (χ4n) is 2.78. The molecular weight excluding hydrogens is 323 g/mol. The van der Waals surface area contributed by atoms with Gasteiger partial charge in [0.25, 0.3) is 5.91 Å². The highest BCUT2D eigenvalue weighted by atomic mass is 19.1. The quantitative estimate of drug-likeness (QED) is 0.764. The summed E-state index contributed by atoms with van der Waals surface area (Å²) in [6.07, 6.45) is 1.32. The molecule has 0 radical (unpaired) electrons. The summed E-state index contributed by atoms with van der Waals surface area (Å²) in [5, 5.41) is 3.45. The van der Waals surface area contributed by atoms with Gasteiger partial charge in [0.1, 0.15) is 18.0 Å². The van der Waals surface area contributed by atoms with Crippen molar-refractivity contribution in [2.75, 3.05) is 18.9 Å². The average Bonchev–Trinajstić information content (AvgIpc) is 2.57. The van der Waals surface area contributed by atoms with Crippen molar-refractivity contribution >= 4 is 22.6 Å². The van der Waals surface area contributed by atoms with Gasteiger partial charge in [-0.2, -0.15) is 0 Å². The van der Waals surface area contributed by atoms with Gasteiger partial charge >= 0.3 is 0 Å². The van der Waals surface area contributed by atoms with Crippen molar-refractivity contribution in [1.29, 1.82) is 0 Å². The Bertz CT molecular complexity index is 972. The van der Waals surface area contributed by atoms with Crippen LogP contribution in [-0.2, 0) is 4.74 Å². The zero-order valence-corrected chi connectivity index (χ0v) is 13.2. The molecule has 1 aromatic heterocycles. The molecule has 1 aliphatic rings. The van der Waals surface area contributed by atoms with Crippen molar-refractivity contribution < 1.29 is 13.9 Å². The number of anilines is 1. The van der Waals surface area contributed by atoms with E-state index in [0.717, 1.165) is 0 Å². The minimum Gasteiger partial charge on any atom is -0.383 e. The summed E-state index contributed by atoms with van der Waals surface area (Å²) >= 11 is 0. The number of rotatable bonds is 3. The second-order valence-corrected chi connectivity index (χ2v) is 5.90. The fourth-order valence-corrected chi connectivity index (χ4v) is 2.78. The van der Waals surface area contributed by atoms with E-state index < -0.39 is 0 Å². The molecule has 3 aromatic rings. The Labute approximate surface area is 142 Å². The maximum absolute atomic E-state index is 13.6. The molecule has 3 N–H and O–H groups in total. The first-order valence-corrected chi connectivity index (χ1v) is 7.80. The lowest BCUT2D eigenvalue weighted by Gasteiger charge is -2.27. The van der Waals surface area contributed by atoms with Gasteiger partial charge in [-0.05, 0) is 35.4 Å². The summed E-state index contributed by atoms with van der Waals surface area (Å²) in [6, 6.07) is 9.60. The standard InChI is InChI=1S/C18H15FN4O2/c19-12-3-1-2-10(4-12)11-5-14-16(21-9-22-17(14)20)15(6-11)18(24)23-13-7-25-8-13/h1-6,9,13H,7-8H2,(H,23,24)(H2,20,21,22). The number of aromatic nitrogens is 2. The van der Waals surface area contributed by atoms with E-state index in [-0.39, 0.29) is 23.6 Å². The number of hydrogen-bond acceptors (Lipinski definition) is 5. The summed E-state index contributed by atoms with van der Waals surface area (Å²) in [7, 11) is 0. The van der Waals surface area contributed by atoms with Gasteiger partial charge in [-0.15, -0.1) is 0 Å². The van der Waals surface area contributed by atoms with Crippen LogP contribution >= 0.6 is 0 Å². The van der Waals surface area contributed by atoms with E-state index in [1.165, 1.54) is 18.5 Å². The van der Waals surface area contributed by atoms with Crippen molar-refractivity contribution in [3.63, 3.8) is 0 Å². The first-order valence-electron chi connectivity index (χ1n) is 7.80. The summed E-state index contributed by atoms with van der Waals surface area (Å²) in [5.74, 6) is -0.355. The van der Waals surface area contributed by atoms with Crippen molar-refractivity contribution in [3.05, 3.63) is 54.1 Å². The minimum absolute atomic E-state index is 0.0143. The van der Waals surface area contributed by atoms with Crippen molar-refractivity contribution in [2.45, 2.75) is 6.04 Å². The second kappa shape index (κ2) is 6.10. The van der Waals surface area contributed by atoms with Crippen LogP contribution in [0.2, 0.25) is 0 Å². The molecular formula is C18H15FN4O2. The van der Waals surface area contributed by atoms with Gasteiger partial charge in [0.05, 0.1) is 30.3 Å². The number of amides is 1. The van der Waals surface area contributed by atoms with Crippen LogP contribution in [0.1, 0.15) is 10.4 Å². The molecule has 1 fully saturated rings. The van der Waals surface area contributed by atoms with E-state index >= 15 is 0 Å². The molecule has 4 rings (SSSR count). The number of nitrogens with two attached hydrogens (primary N) is 1. The number of carbonyl (C=O) groups is 1. The lowest BCUT2D eigenvalue weighted by atomic mass is 9.99. The van der Waals surface area contributed by atoms with Gasteiger partial charge in [0, 0.05) is 5.39 Å². The molecule has 0 bridgehead atoms. The maximum atomic E-state index is 13.6. The van der Waals surface area contributed by atoms with Crippen LogP contribution in [0.15, 0.2) is 42.7 Å². The Balaban J connectivity index is 1.87. The zero-order valence-electron chi connectivity index (χ0n) is 13.2. The molecule has 126 valence electrons. The Kier molecular flexibility index (Phi) is 3.77. The van der Waals surface area contributed by atoms with E-state index in [2.05, 4.69) is 15.3 Å². The number of nitrogen functional groups attached to an aromatic ring is 1. The molecule has 6 nitrogen and oxygen atoms in total. The number of halogens is 1. The number of nitrogens with zero attached hydrogens (tertiary/aromatic N) is 2. The van der Waals surface area contributed by atoms with Crippen LogP contribution < -0.4 is 11.1 Å². The first kappa shape index (κ1) is 15.5. The molecule has 0 aliphatic carbocycles. The van der Waals surface area contributed by atoms with Crippen molar-refractivity contribution in [1.82, 2.24) is 15.3 Å². The molecule has 2 aromatic carbocycles. The molecule has 1 aliphatic heterocycles. The molecule has 25 heavy (non-hydrogen) atoms. The van der Waals surface area contributed by atoms with E-state index in [9.17, 15) is 9.18 Å². The van der Waals surface area contributed by atoms with Crippen molar-refractivity contribution in [3.8, 4) is 11.1 Å². The zero-order chi connectivity index (χ0) is 17.4. The second-order valence-electron chi connectivity index (χ2n) is 5.90. The van der Waals surface area contributed by atoms with Crippen LogP contribution in [-0.4, -0.2) is 35.1 Å². The maximum Gasteiger partial charge on any atom is 0.253 e. The van der Waals surface area contributed by atoms with Gasteiger partial charge in [0.15, 0.2) is 0 Å². The number of benzene rings is 2. The monoisotopic (exact) mass is 338 g/mol. The third kappa shape index (κ3) is 2.89. The Morgan fingerprint density at radius 3 is 2.76 bits per heavy atom. The number of ether oxygens (including phenoxy) is 1. The van der Waals surface area contributed by atoms with Gasteiger partial charge in [-0.25, -0.2) is 14.4 Å². The number of fused-ring (bicyclic) bond motifs is 1. The topological polar surface area (TPSA) is 90.1 Å². The Morgan fingerprint density at radius 2 is 2.04 bits per heavy atom. The molecule has 1 saturated heterocycles. The van der Waals surface area contributed by atoms with Gasteiger partial charge in [0.2, 0.25) is 0 Å². The normalized spacial score (nSPS) is 14.3. The van der Waals surface area contributed by atoms with E-state index in [0.29, 0.717) is 40.8 Å². The summed E-state index contributed by atoms with van der Waals surface area (Å²) in [4.78, 5) is 20.9. The predicted octanol–water partition coefficient (Wildman–Crippen LogP) is 2.15. The molecule has 0 atom stereocenters. The first-order chi connectivity index (χ1) is 12.1. The van der Waals surface area contributed by atoms with Crippen molar-refractivity contribution in [2.24, 2.45) is 0 Å². The Hall–Kier alpha value is -3.06. The molecule has 0 saturated carbocycles. The lowest BCUT2D eigenvalue weighted by molar-refractivity contribution is -0.00343. The Morgan fingerprint density at radius 1 is 1.20 bits per heavy atom. The van der Waals surface area contributed by atoms with E-state index in [1.807, 2.05) is 0 Å². The fraction of sp³-hybridized carbons (Fsp3) is 0.167. The molecule has 7 heteroatoms. The number of carbonyl (C=O) groups excluding carboxylic acids is 1. The minimum atomic E-state index is -0.354. The largest absolute Gasteiger partial charge is 0.383 e. The summed E-state index contributed by atoms with van der Waals surface area (Å²) < 4.78 is 18.7. The van der Waals surface area contributed by atoms with Crippen LogP contribution in [0.4, 0.5) is 10.2 Å². The van der Waals surface area contributed by atoms with Gasteiger partial charge in [-0.1, -0.05) is 12.1 Å².